The zero-order valence-electron chi connectivity index (χ0n) is 20.7. The van der Waals surface area contributed by atoms with Crippen molar-refractivity contribution in [3.63, 3.8) is 0 Å². The highest BCUT2D eigenvalue weighted by Gasteiger charge is 2.15. The molecule has 2 rings (SSSR count). The van der Waals surface area contributed by atoms with Crippen LogP contribution in [0.1, 0.15) is 12.1 Å². The summed E-state index contributed by atoms with van der Waals surface area (Å²) in [6.45, 7) is 12.6. The smallest absolute Gasteiger partial charge is 0.129 e. The molecule has 1 saturated heterocycles. The zero-order chi connectivity index (χ0) is 24.1. The number of piperazine rings is 1. The highest BCUT2D eigenvalue weighted by Crippen LogP contribution is 2.05. The van der Waals surface area contributed by atoms with E-state index in [1.165, 1.54) is 0 Å². The topological polar surface area (TPSA) is 93.2 Å². The van der Waals surface area contributed by atoms with E-state index in [1.807, 2.05) is 13.1 Å². The average Bonchev–Trinajstić information content (AvgIpc) is 2.86. The minimum Gasteiger partial charge on any atom is -0.378 e. The Balaban J connectivity index is 1.36. The summed E-state index contributed by atoms with van der Waals surface area (Å²) in [6.07, 6.45) is 7.80. The molecule has 10 heteroatoms. The number of hydrogen-bond acceptors (Lipinski definition) is 10. The highest BCUT2D eigenvalue weighted by atomic mass is 16.6. The summed E-state index contributed by atoms with van der Waals surface area (Å²) in [5.41, 5.74) is 0.997. The molecule has 0 saturated carbocycles. The second-order valence-electron chi connectivity index (χ2n) is 7.98. The fraction of sp³-hybridized carbons (Fsp3) is 0.750. The van der Waals surface area contributed by atoms with Crippen molar-refractivity contribution in [3.8, 4) is 12.3 Å². The van der Waals surface area contributed by atoms with Crippen molar-refractivity contribution in [2.24, 2.45) is 0 Å². The van der Waals surface area contributed by atoms with Gasteiger partial charge in [0, 0.05) is 51.9 Å². The lowest BCUT2D eigenvalue weighted by Crippen LogP contribution is -2.47. The first-order chi connectivity index (χ1) is 16.8. The van der Waals surface area contributed by atoms with E-state index >= 15 is 0 Å². The summed E-state index contributed by atoms with van der Waals surface area (Å²) in [5, 5.41) is 6.51. The fourth-order valence-electron chi connectivity index (χ4n) is 3.51. The summed E-state index contributed by atoms with van der Waals surface area (Å²) in [7, 11) is 1.92. The summed E-state index contributed by atoms with van der Waals surface area (Å²) >= 11 is 0. The van der Waals surface area contributed by atoms with Gasteiger partial charge in [0.1, 0.15) is 18.8 Å². The molecular formula is C24H42N6O4. The van der Waals surface area contributed by atoms with Gasteiger partial charge in [0.2, 0.25) is 0 Å². The van der Waals surface area contributed by atoms with E-state index in [2.05, 4.69) is 36.3 Å². The molecule has 2 N–H and O–H groups in total. The van der Waals surface area contributed by atoms with Crippen molar-refractivity contribution in [1.29, 1.82) is 0 Å². The number of anilines is 1. The Labute approximate surface area is 204 Å². The van der Waals surface area contributed by atoms with Crippen molar-refractivity contribution in [3.05, 3.63) is 18.1 Å². The predicted molar refractivity (Wildman–Crippen MR) is 133 cm³/mol. The molecule has 1 aliphatic rings. The lowest BCUT2D eigenvalue weighted by Gasteiger charge is -2.34. The van der Waals surface area contributed by atoms with Crippen molar-refractivity contribution < 1.29 is 18.9 Å². The van der Waals surface area contributed by atoms with Gasteiger partial charge in [0.05, 0.1) is 51.9 Å². The lowest BCUT2D eigenvalue weighted by molar-refractivity contribution is -0.00257. The van der Waals surface area contributed by atoms with Gasteiger partial charge in [-0.3, -0.25) is 4.90 Å². The van der Waals surface area contributed by atoms with E-state index in [4.69, 9.17) is 25.4 Å². The van der Waals surface area contributed by atoms with Crippen molar-refractivity contribution in [2.45, 2.75) is 13.0 Å². The SMILES string of the molecule is C#CCOCCOCCOCCOCCN1CCN(CCCNc2cc(CNC)ncn2)CC1. The molecule has 34 heavy (non-hydrogen) atoms. The Bertz CT molecular complexity index is 667. The Kier molecular flexibility index (Phi) is 16.3. The number of aromatic nitrogens is 2. The third-order valence-electron chi connectivity index (χ3n) is 5.36. The van der Waals surface area contributed by atoms with Crippen LogP contribution in [-0.2, 0) is 25.5 Å². The predicted octanol–water partition coefficient (Wildman–Crippen LogP) is 0.315. The molecule has 0 spiro atoms. The number of hydrogen-bond donors (Lipinski definition) is 2. The Hall–Kier alpha value is -1.84. The van der Waals surface area contributed by atoms with Crippen LogP contribution in [0.2, 0.25) is 0 Å². The standard InChI is InChI=1S/C24H42N6O4/c1-3-12-31-14-16-33-18-19-34-17-15-32-13-11-30-9-7-29(8-10-30)6-4-5-26-24-20-23(21-25-2)27-22-28-24/h1,20,22,25H,4-19,21H2,2H3,(H,26,27,28). The third kappa shape index (κ3) is 13.8. The van der Waals surface area contributed by atoms with E-state index in [0.717, 1.165) is 76.9 Å². The first kappa shape index (κ1) is 28.4. The number of nitrogens with zero attached hydrogens (tertiary/aromatic N) is 4. The van der Waals surface area contributed by atoms with E-state index in [1.54, 1.807) is 6.33 Å². The Morgan fingerprint density at radius 1 is 0.882 bits per heavy atom. The van der Waals surface area contributed by atoms with Crippen molar-refractivity contribution in [1.82, 2.24) is 25.1 Å². The molecule has 0 bridgehead atoms. The first-order valence-electron chi connectivity index (χ1n) is 12.2. The molecule has 1 aromatic rings. The molecule has 0 amide bonds. The molecule has 1 aromatic heterocycles. The Morgan fingerprint density at radius 2 is 1.50 bits per heavy atom. The second kappa shape index (κ2) is 19.5. The number of terminal acetylenes is 1. The highest BCUT2D eigenvalue weighted by molar-refractivity contribution is 5.34. The van der Waals surface area contributed by atoms with Crippen LogP contribution in [0.4, 0.5) is 5.82 Å². The summed E-state index contributed by atoms with van der Waals surface area (Å²) in [4.78, 5) is 13.5. The van der Waals surface area contributed by atoms with Crippen LogP contribution >= 0.6 is 0 Å². The maximum atomic E-state index is 5.70. The molecule has 0 aromatic carbocycles. The maximum Gasteiger partial charge on any atom is 0.129 e. The lowest BCUT2D eigenvalue weighted by atomic mass is 10.3. The van der Waals surface area contributed by atoms with Crippen LogP contribution in [0.25, 0.3) is 0 Å². The van der Waals surface area contributed by atoms with Crippen LogP contribution < -0.4 is 10.6 Å². The summed E-state index contributed by atoms with van der Waals surface area (Å²) in [6, 6.07) is 2.00. The fourth-order valence-corrected chi connectivity index (χ4v) is 3.51. The molecule has 2 heterocycles. The van der Waals surface area contributed by atoms with Gasteiger partial charge >= 0.3 is 0 Å². The largest absolute Gasteiger partial charge is 0.378 e. The van der Waals surface area contributed by atoms with Crippen LogP contribution in [-0.4, -0.2) is 125 Å². The van der Waals surface area contributed by atoms with Gasteiger partial charge in [-0.25, -0.2) is 9.97 Å². The van der Waals surface area contributed by atoms with E-state index in [9.17, 15) is 0 Å². The molecule has 10 nitrogen and oxygen atoms in total. The molecule has 1 aliphatic heterocycles. The van der Waals surface area contributed by atoms with Gasteiger partial charge in [-0.05, 0) is 20.0 Å². The van der Waals surface area contributed by atoms with Crippen LogP contribution in [0.3, 0.4) is 0 Å². The number of nitrogens with one attached hydrogen (secondary N) is 2. The first-order valence-corrected chi connectivity index (χ1v) is 12.2. The van der Waals surface area contributed by atoms with Gasteiger partial charge in [-0.2, -0.15) is 0 Å². The molecule has 1 fully saturated rings. The normalized spacial score (nSPS) is 14.8. The molecule has 192 valence electrons. The van der Waals surface area contributed by atoms with Gasteiger partial charge in [-0.1, -0.05) is 5.92 Å². The summed E-state index contributed by atoms with van der Waals surface area (Å²) < 4.78 is 21.7. The van der Waals surface area contributed by atoms with Gasteiger partial charge < -0.3 is 34.5 Å². The quantitative estimate of drug-likeness (QED) is 0.202. The zero-order valence-corrected chi connectivity index (χ0v) is 20.7. The number of ether oxygens (including phenoxy) is 4. The monoisotopic (exact) mass is 478 g/mol. The second-order valence-corrected chi connectivity index (χ2v) is 7.98. The maximum absolute atomic E-state index is 5.70. The van der Waals surface area contributed by atoms with Crippen molar-refractivity contribution >= 4 is 5.82 Å². The minimum absolute atomic E-state index is 0.328. The van der Waals surface area contributed by atoms with Gasteiger partial charge in [0.15, 0.2) is 0 Å². The molecule has 0 aliphatic carbocycles. The van der Waals surface area contributed by atoms with Gasteiger partial charge in [0.25, 0.3) is 0 Å². The van der Waals surface area contributed by atoms with Crippen LogP contribution in [0.15, 0.2) is 12.4 Å². The number of rotatable bonds is 20. The molecule has 0 radical (unpaired) electrons. The molecular weight excluding hydrogens is 436 g/mol. The van der Waals surface area contributed by atoms with E-state index in [0.29, 0.717) is 46.2 Å². The minimum atomic E-state index is 0.328. The summed E-state index contributed by atoms with van der Waals surface area (Å²) in [5.74, 6) is 3.31. The Morgan fingerprint density at radius 3 is 2.15 bits per heavy atom. The van der Waals surface area contributed by atoms with E-state index in [-0.39, 0.29) is 0 Å². The average molecular weight is 479 g/mol. The van der Waals surface area contributed by atoms with Crippen molar-refractivity contribution in [2.75, 3.05) is 111 Å². The molecule has 0 unspecified atom stereocenters. The van der Waals surface area contributed by atoms with Crippen LogP contribution in [0, 0.1) is 12.3 Å². The van der Waals surface area contributed by atoms with Gasteiger partial charge in [-0.15, -0.1) is 6.42 Å². The molecule has 0 atom stereocenters. The van der Waals surface area contributed by atoms with E-state index < -0.39 is 0 Å². The van der Waals surface area contributed by atoms with Crippen LogP contribution in [0.5, 0.6) is 0 Å². The third-order valence-corrected chi connectivity index (χ3v) is 5.36.